The minimum atomic E-state index is -1.87. The van der Waals surface area contributed by atoms with E-state index in [4.69, 9.17) is 10.2 Å². The SMILES string of the molecule is CC(CCNC(=O)c1cccn2c(=O)c3cc(-c4cccc(N)c4)ccc3nc12)O[Si](C)(C)C(C)(C)C. The molecule has 0 saturated heterocycles. The zero-order valence-corrected chi connectivity index (χ0v) is 23.5. The Morgan fingerprint density at radius 1 is 1.11 bits per heavy atom. The molecule has 2 heterocycles. The van der Waals surface area contributed by atoms with Crippen LogP contribution in [0.1, 0.15) is 44.5 Å². The van der Waals surface area contributed by atoms with Gasteiger partial charge in [0.05, 0.1) is 16.5 Å². The molecular formula is C29H36N4O3Si. The van der Waals surface area contributed by atoms with E-state index in [-0.39, 0.29) is 22.6 Å². The molecule has 0 aliphatic rings. The molecule has 7 nitrogen and oxygen atoms in total. The quantitative estimate of drug-likeness (QED) is 0.188. The van der Waals surface area contributed by atoms with Crippen LogP contribution in [0.5, 0.6) is 0 Å². The monoisotopic (exact) mass is 516 g/mol. The molecule has 0 aliphatic heterocycles. The standard InChI is InChI=1S/C29H36N4O3Si/c1-19(36-37(5,6)29(2,3)4)14-15-31-27(34)23-11-8-16-33-26(23)32-25-13-12-21(18-24(25)28(33)35)20-9-7-10-22(30)17-20/h7-13,16-19H,14-15,30H2,1-6H3,(H,31,34). The van der Waals surface area contributed by atoms with Crippen molar-refractivity contribution in [2.45, 2.75) is 58.4 Å². The number of aromatic nitrogens is 2. The maximum atomic E-state index is 13.4. The summed E-state index contributed by atoms with van der Waals surface area (Å²) in [5.41, 5.74) is 9.39. The molecule has 8 heteroatoms. The molecule has 4 rings (SSSR count). The van der Waals surface area contributed by atoms with Crippen LogP contribution in [-0.4, -0.2) is 36.3 Å². The lowest BCUT2D eigenvalue weighted by molar-refractivity contribution is 0.0947. The third kappa shape index (κ3) is 5.60. The number of nitrogens with two attached hydrogens (primary N) is 1. The number of amides is 1. The fraction of sp³-hybridized carbons (Fsp3) is 0.345. The first kappa shape index (κ1) is 26.6. The number of nitrogens with one attached hydrogen (secondary N) is 1. The fourth-order valence-electron chi connectivity index (χ4n) is 4.12. The number of anilines is 1. The lowest BCUT2D eigenvalue weighted by Crippen LogP contribution is -2.43. The number of benzene rings is 2. The predicted molar refractivity (Wildman–Crippen MR) is 154 cm³/mol. The lowest BCUT2D eigenvalue weighted by atomic mass is 10.0. The lowest BCUT2D eigenvalue weighted by Gasteiger charge is -2.38. The Morgan fingerprint density at radius 3 is 2.54 bits per heavy atom. The van der Waals surface area contributed by atoms with Crippen LogP contribution < -0.4 is 16.6 Å². The summed E-state index contributed by atoms with van der Waals surface area (Å²) < 4.78 is 7.83. The molecule has 4 aromatic rings. The van der Waals surface area contributed by atoms with Crippen molar-refractivity contribution in [2.24, 2.45) is 0 Å². The van der Waals surface area contributed by atoms with Crippen molar-refractivity contribution in [3.8, 4) is 11.1 Å². The number of nitrogens with zero attached hydrogens (tertiary/aromatic N) is 2. The van der Waals surface area contributed by atoms with Gasteiger partial charge < -0.3 is 15.5 Å². The minimum Gasteiger partial charge on any atom is -0.414 e. The molecule has 2 aromatic heterocycles. The smallest absolute Gasteiger partial charge is 0.265 e. The Bertz CT molecular complexity index is 1520. The summed E-state index contributed by atoms with van der Waals surface area (Å²) in [6, 6.07) is 16.5. The molecule has 37 heavy (non-hydrogen) atoms. The van der Waals surface area contributed by atoms with Gasteiger partial charge in [0, 0.05) is 24.5 Å². The number of hydrogen-bond donors (Lipinski definition) is 2. The molecule has 1 atom stereocenters. The summed E-state index contributed by atoms with van der Waals surface area (Å²) in [6.07, 6.45) is 2.38. The van der Waals surface area contributed by atoms with Crippen LogP contribution >= 0.6 is 0 Å². The molecule has 0 spiro atoms. The van der Waals surface area contributed by atoms with Crippen molar-refractivity contribution >= 4 is 36.5 Å². The molecule has 1 unspecified atom stereocenters. The molecule has 0 fully saturated rings. The topological polar surface area (TPSA) is 98.7 Å². The van der Waals surface area contributed by atoms with Gasteiger partial charge in [0.1, 0.15) is 0 Å². The molecule has 0 radical (unpaired) electrons. The van der Waals surface area contributed by atoms with Gasteiger partial charge in [0.2, 0.25) is 0 Å². The van der Waals surface area contributed by atoms with Crippen LogP contribution in [-0.2, 0) is 4.43 Å². The molecule has 1 amide bonds. The van der Waals surface area contributed by atoms with E-state index < -0.39 is 8.32 Å². The van der Waals surface area contributed by atoms with Crippen LogP contribution in [0.15, 0.2) is 65.6 Å². The van der Waals surface area contributed by atoms with E-state index in [0.717, 1.165) is 11.1 Å². The minimum absolute atomic E-state index is 0.0348. The number of fused-ring (bicyclic) bond motifs is 2. The molecule has 194 valence electrons. The van der Waals surface area contributed by atoms with E-state index in [1.54, 1.807) is 18.3 Å². The number of rotatable bonds is 7. The number of pyridine rings is 1. The molecule has 0 saturated carbocycles. The van der Waals surface area contributed by atoms with Gasteiger partial charge in [-0.25, -0.2) is 4.98 Å². The highest BCUT2D eigenvalue weighted by atomic mass is 28.4. The van der Waals surface area contributed by atoms with Crippen LogP contribution in [0, 0.1) is 0 Å². The first-order valence-corrected chi connectivity index (χ1v) is 15.6. The summed E-state index contributed by atoms with van der Waals surface area (Å²) in [5.74, 6) is -0.264. The first-order valence-electron chi connectivity index (χ1n) is 12.6. The summed E-state index contributed by atoms with van der Waals surface area (Å²) in [4.78, 5) is 31.2. The van der Waals surface area contributed by atoms with E-state index in [1.165, 1.54) is 4.40 Å². The third-order valence-corrected chi connectivity index (χ3v) is 11.8. The van der Waals surface area contributed by atoms with Crippen molar-refractivity contribution < 1.29 is 9.22 Å². The van der Waals surface area contributed by atoms with Crippen molar-refractivity contribution in [3.63, 3.8) is 0 Å². The molecule has 0 aliphatic carbocycles. The molecule has 3 N–H and O–H groups in total. The second-order valence-electron chi connectivity index (χ2n) is 11.1. The fourth-order valence-corrected chi connectivity index (χ4v) is 5.60. The molecule has 2 aromatic carbocycles. The number of carbonyl (C=O) groups excluding carboxylic acids is 1. The Labute approximate surface area is 218 Å². The van der Waals surface area contributed by atoms with Crippen LogP contribution in [0.3, 0.4) is 0 Å². The molecular weight excluding hydrogens is 480 g/mol. The zero-order valence-electron chi connectivity index (χ0n) is 22.5. The van der Waals surface area contributed by atoms with E-state index in [2.05, 4.69) is 51.1 Å². The highest BCUT2D eigenvalue weighted by Crippen LogP contribution is 2.37. The Hall–Kier alpha value is -3.49. The van der Waals surface area contributed by atoms with Crippen LogP contribution in [0.25, 0.3) is 27.7 Å². The summed E-state index contributed by atoms with van der Waals surface area (Å²) in [7, 11) is -1.87. The van der Waals surface area contributed by atoms with Crippen LogP contribution in [0.2, 0.25) is 18.1 Å². The summed E-state index contributed by atoms with van der Waals surface area (Å²) >= 11 is 0. The van der Waals surface area contributed by atoms with Gasteiger partial charge in [-0.15, -0.1) is 0 Å². The van der Waals surface area contributed by atoms with Crippen molar-refractivity contribution in [2.75, 3.05) is 12.3 Å². The van der Waals surface area contributed by atoms with Gasteiger partial charge in [-0.2, -0.15) is 0 Å². The Morgan fingerprint density at radius 2 is 1.84 bits per heavy atom. The van der Waals surface area contributed by atoms with Gasteiger partial charge >= 0.3 is 0 Å². The van der Waals surface area contributed by atoms with Crippen LogP contribution in [0.4, 0.5) is 5.69 Å². The van der Waals surface area contributed by atoms with E-state index >= 15 is 0 Å². The number of hydrogen-bond acceptors (Lipinski definition) is 5. The van der Waals surface area contributed by atoms with Gasteiger partial charge in [-0.3, -0.25) is 14.0 Å². The largest absolute Gasteiger partial charge is 0.414 e. The predicted octanol–water partition coefficient (Wildman–Crippen LogP) is 5.63. The number of nitrogen functional groups attached to an aromatic ring is 1. The zero-order chi connectivity index (χ0) is 27.0. The van der Waals surface area contributed by atoms with Crippen molar-refractivity contribution in [3.05, 3.63) is 76.7 Å². The van der Waals surface area contributed by atoms with E-state index in [1.807, 2.05) is 42.5 Å². The van der Waals surface area contributed by atoms with Crippen molar-refractivity contribution in [1.82, 2.24) is 14.7 Å². The van der Waals surface area contributed by atoms with Crippen molar-refractivity contribution in [1.29, 1.82) is 0 Å². The highest BCUT2D eigenvalue weighted by molar-refractivity contribution is 6.74. The highest BCUT2D eigenvalue weighted by Gasteiger charge is 2.38. The number of carbonyl (C=O) groups is 1. The van der Waals surface area contributed by atoms with Gasteiger partial charge in [0.25, 0.3) is 11.5 Å². The summed E-state index contributed by atoms with van der Waals surface area (Å²) in [6.45, 7) is 13.6. The maximum Gasteiger partial charge on any atom is 0.265 e. The normalized spacial score (nSPS) is 13.1. The third-order valence-electron chi connectivity index (χ3n) is 7.24. The molecule has 0 bridgehead atoms. The van der Waals surface area contributed by atoms with Gasteiger partial charge in [0.15, 0.2) is 14.0 Å². The Kier molecular flexibility index (Phi) is 7.26. The summed E-state index contributed by atoms with van der Waals surface area (Å²) in [5, 5.41) is 3.59. The van der Waals surface area contributed by atoms with Gasteiger partial charge in [-0.1, -0.05) is 39.0 Å². The first-order chi connectivity index (χ1) is 17.4. The Balaban J connectivity index is 1.56. The van der Waals surface area contributed by atoms with E-state index in [0.29, 0.717) is 40.8 Å². The van der Waals surface area contributed by atoms with Gasteiger partial charge in [-0.05, 0) is 79.0 Å². The second-order valence-corrected chi connectivity index (χ2v) is 15.9. The average Bonchev–Trinajstić information content (AvgIpc) is 2.82. The maximum absolute atomic E-state index is 13.4. The van der Waals surface area contributed by atoms with E-state index in [9.17, 15) is 9.59 Å². The average molecular weight is 517 g/mol. The second kappa shape index (κ2) is 10.1.